The molecular weight excluding hydrogens is 268 g/mol. The van der Waals surface area contributed by atoms with Crippen molar-refractivity contribution < 1.29 is 4.79 Å². The highest BCUT2D eigenvalue weighted by atomic mass is 32.1. The van der Waals surface area contributed by atoms with Crippen LogP contribution in [0, 0.1) is 13.8 Å². The molecule has 3 rings (SSSR count). The molecule has 0 aliphatic heterocycles. The van der Waals surface area contributed by atoms with Gasteiger partial charge in [-0.2, -0.15) is 0 Å². The lowest BCUT2D eigenvalue weighted by atomic mass is 10.1. The molecule has 100 valence electrons. The van der Waals surface area contributed by atoms with Crippen LogP contribution in [0.5, 0.6) is 0 Å². The summed E-state index contributed by atoms with van der Waals surface area (Å²) in [5, 5.41) is 5.88. The van der Waals surface area contributed by atoms with Gasteiger partial charge in [0.1, 0.15) is 0 Å². The number of nitrogens with one attached hydrogen (secondary N) is 1. The Kier molecular flexibility index (Phi) is 3.24. The van der Waals surface area contributed by atoms with Crippen LogP contribution in [-0.2, 0) is 0 Å². The molecule has 2 aromatic heterocycles. The number of pyridine rings is 1. The molecule has 3 nitrogen and oxygen atoms in total. The monoisotopic (exact) mass is 282 g/mol. The van der Waals surface area contributed by atoms with E-state index in [0.29, 0.717) is 4.88 Å². The van der Waals surface area contributed by atoms with Gasteiger partial charge in [-0.05, 0) is 49.1 Å². The van der Waals surface area contributed by atoms with Crippen LogP contribution in [0.15, 0.2) is 41.8 Å². The standard InChI is InChI=1S/C16H14N2OS/c1-10-5-8-13-12(7-6-11(2)17-13)15(10)18-16(19)14-4-3-9-20-14/h3-9H,1-2H3,(H,18,19). The highest BCUT2D eigenvalue weighted by molar-refractivity contribution is 7.12. The number of carbonyl (C=O) groups excluding carboxylic acids is 1. The molecule has 1 amide bonds. The number of hydrogen-bond donors (Lipinski definition) is 1. The van der Waals surface area contributed by atoms with E-state index in [1.807, 2.05) is 55.6 Å². The minimum Gasteiger partial charge on any atom is -0.320 e. The quantitative estimate of drug-likeness (QED) is 0.766. The summed E-state index contributed by atoms with van der Waals surface area (Å²) in [7, 11) is 0. The van der Waals surface area contributed by atoms with Gasteiger partial charge < -0.3 is 5.32 Å². The van der Waals surface area contributed by atoms with E-state index in [2.05, 4.69) is 10.3 Å². The minimum absolute atomic E-state index is 0.0730. The summed E-state index contributed by atoms with van der Waals surface area (Å²) < 4.78 is 0. The van der Waals surface area contributed by atoms with Crippen LogP contribution in [0.2, 0.25) is 0 Å². The molecule has 0 unspecified atom stereocenters. The highest BCUT2D eigenvalue weighted by Gasteiger charge is 2.11. The van der Waals surface area contributed by atoms with E-state index in [9.17, 15) is 4.79 Å². The largest absolute Gasteiger partial charge is 0.320 e. The van der Waals surface area contributed by atoms with Crippen LogP contribution in [0.25, 0.3) is 10.9 Å². The summed E-state index contributed by atoms with van der Waals surface area (Å²) in [6, 6.07) is 11.6. The molecule has 2 heterocycles. The summed E-state index contributed by atoms with van der Waals surface area (Å²) in [6.45, 7) is 3.95. The Bertz CT molecular complexity index is 779. The maximum Gasteiger partial charge on any atom is 0.265 e. The maximum atomic E-state index is 12.2. The molecule has 0 bridgehead atoms. The third-order valence-corrected chi connectivity index (χ3v) is 4.07. The van der Waals surface area contributed by atoms with Crippen molar-refractivity contribution in [2.45, 2.75) is 13.8 Å². The Balaban J connectivity index is 2.06. The molecule has 0 radical (unpaired) electrons. The number of fused-ring (bicyclic) bond motifs is 1. The zero-order chi connectivity index (χ0) is 14.1. The summed E-state index contributed by atoms with van der Waals surface area (Å²) in [5.41, 5.74) is 3.75. The van der Waals surface area contributed by atoms with Crippen molar-refractivity contribution in [3.8, 4) is 0 Å². The van der Waals surface area contributed by atoms with Gasteiger partial charge in [-0.15, -0.1) is 11.3 Å². The molecule has 0 spiro atoms. The fourth-order valence-corrected chi connectivity index (χ4v) is 2.78. The topological polar surface area (TPSA) is 42.0 Å². The lowest BCUT2D eigenvalue weighted by Crippen LogP contribution is -2.11. The predicted octanol–water partition coefficient (Wildman–Crippen LogP) is 4.17. The van der Waals surface area contributed by atoms with E-state index >= 15 is 0 Å². The second-order valence-corrected chi connectivity index (χ2v) is 5.66. The van der Waals surface area contributed by atoms with E-state index in [1.165, 1.54) is 11.3 Å². The first-order valence-corrected chi connectivity index (χ1v) is 7.25. The van der Waals surface area contributed by atoms with Crippen LogP contribution in [0.4, 0.5) is 5.69 Å². The number of hydrogen-bond acceptors (Lipinski definition) is 3. The Morgan fingerprint density at radius 1 is 1.15 bits per heavy atom. The molecule has 1 N–H and O–H groups in total. The van der Waals surface area contributed by atoms with Crippen LogP contribution in [-0.4, -0.2) is 10.9 Å². The minimum atomic E-state index is -0.0730. The second kappa shape index (κ2) is 5.06. The number of amides is 1. The third kappa shape index (κ3) is 2.30. The van der Waals surface area contributed by atoms with Gasteiger partial charge in [0.2, 0.25) is 0 Å². The molecule has 0 aliphatic carbocycles. The first kappa shape index (κ1) is 12.8. The van der Waals surface area contributed by atoms with Gasteiger partial charge >= 0.3 is 0 Å². The Morgan fingerprint density at radius 3 is 2.75 bits per heavy atom. The van der Waals surface area contributed by atoms with Crippen LogP contribution >= 0.6 is 11.3 Å². The zero-order valence-corrected chi connectivity index (χ0v) is 12.1. The van der Waals surface area contributed by atoms with Crippen molar-refractivity contribution >= 4 is 33.8 Å². The number of benzene rings is 1. The van der Waals surface area contributed by atoms with Crippen LogP contribution in [0.3, 0.4) is 0 Å². The van der Waals surface area contributed by atoms with Crippen LogP contribution < -0.4 is 5.32 Å². The fraction of sp³-hybridized carbons (Fsp3) is 0.125. The molecule has 4 heteroatoms. The van der Waals surface area contributed by atoms with E-state index < -0.39 is 0 Å². The zero-order valence-electron chi connectivity index (χ0n) is 11.3. The van der Waals surface area contributed by atoms with Gasteiger partial charge in [0.05, 0.1) is 16.1 Å². The number of anilines is 1. The van der Waals surface area contributed by atoms with Gasteiger partial charge in [-0.3, -0.25) is 9.78 Å². The molecule has 1 aromatic carbocycles. The van der Waals surface area contributed by atoms with Gasteiger partial charge in [0.25, 0.3) is 5.91 Å². The number of aromatic nitrogens is 1. The summed E-state index contributed by atoms with van der Waals surface area (Å²) in [4.78, 5) is 17.4. The van der Waals surface area contributed by atoms with Crippen LogP contribution in [0.1, 0.15) is 20.9 Å². The van der Waals surface area contributed by atoms with Crippen molar-refractivity contribution in [1.82, 2.24) is 4.98 Å². The average molecular weight is 282 g/mol. The number of carbonyl (C=O) groups is 1. The molecular formula is C16H14N2OS. The fourth-order valence-electron chi connectivity index (χ4n) is 2.16. The predicted molar refractivity (Wildman–Crippen MR) is 83.5 cm³/mol. The van der Waals surface area contributed by atoms with Gasteiger partial charge in [-0.1, -0.05) is 12.1 Å². The van der Waals surface area contributed by atoms with Crippen molar-refractivity contribution in [2.75, 3.05) is 5.32 Å². The van der Waals surface area contributed by atoms with E-state index in [0.717, 1.165) is 27.8 Å². The first-order chi connectivity index (χ1) is 9.65. The number of aryl methyl sites for hydroxylation is 2. The molecule has 3 aromatic rings. The normalized spacial score (nSPS) is 10.7. The number of nitrogens with zero attached hydrogens (tertiary/aromatic N) is 1. The molecule has 0 fully saturated rings. The maximum absolute atomic E-state index is 12.2. The van der Waals surface area contributed by atoms with E-state index in [4.69, 9.17) is 0 Å². The SMILES string of the molecule is Cc1ccc2c(NC(=O)c3cccs3)c(C)ccc2n1. The van der Waals surface area contributed by atoms with Gasteiger partial charge in [-0.25, -0.2) is 0 Å². The van der Waals surface area contributed by atoms with Gasteiger partial charge in [0, 0.05) is 11.1 Å². The Morgan fingerprint density at radius 2 is 2.00 bits per heavy atom. The summed E-state index contributed by atoms with van der Waals surface area (Å²) in [6.07, 6.45) is 0. The van der Waals surface area contributed by atoms with Gasteiger partial charge in [0.15, 0.2) is 0 Å². The average Bonchev–Trinajstić information content (AvgIpc) is 2.96. The third-order valence-electron chi connectivity index (χ3n) is 3.20. The lowest BCUT2D eigenvalue weighted by molar-refractivity contribution is 0.103. The van der Waals surface area contributed by atoms with E-state index in [1.54, 1.807) is 0 Å². The number of rotatable bonds is 2. The smallest absolute Gasteiger partial charge is 0.265 e. The summed E-state index contributed by atoms with van der Waals surface area (Å²) >= 11 is 1.44. The Labute approximate surface area is 121 Å². The summed E-state index contributed by atoms with van der Waals surface area (Å²) in [5.74, 6) is -0.0730. The van der Waals surface area contributed by atoms with Crippen molar-refractivity contribution in [1.29, 1.82) is 0 Å². The molecule has 0 atom stereocenters. The number of thiophene rings is 1. The Hall–Kier alpha value is -2.20. The lowest BCUT2D eigenvalue weighted by Gasteiger charge is -2.11. The molecule has 0 saturated heterocycles. The molecule has 20 heavy (non-hydrogen) atoms. The second-order valence-electron chi connectivity index (χ2n) is 4.71. The van der Waals surface area contributed by atoms with E-state index in [-0.39, 0.29) is 5.91 Å². The molecule has 0 saturated carbocycles. The highest BCUT2D eigenvalue weighted by Crippen LogP contribution is 2.27. The first-order valence-electron chi connectivity index (χ1n) is 6.37. The molecule has 0 aliphatic rings. The van der Waals surface area contributed by atoms with Crippen molar-refractivity contribution in [2.24, 2.45) is 0 Å². The van der Waals surface area contributed by atoms with Crippen molar-refractivity contribution in [3.05, 3.63) is 57.9 Å². The van der Waals surface area contributed by atoms with Crippen molar-refractivity contribution in [3.63, 3.8) is 0 Å².